The third kappa shape index (κ3) is 2.23. The molecule has 1 aromatic heterocycles. The molecule has 0 saturated carbocycles. The van der Waals surface area contributed by atoms with Gasteiger partial charge < -0.3 is 4.42 Å². The van der Waals surface area contributed by atoms with Gasteiger partial charge in [0.15, 0.2) is 11.6 Å². The smallest absolute Gasteiger partial charge is 0.285 e. The fraction of sp³-hybridized carbons (Fsp3) is 0. The van der Waals surface area contributed by atoms with Crippen LogP contribution in [0, 0.1) is 25.6 Å². The summed E-state index contributed by atoms with van der Waals surface area (Å²) in [6, 6.07) is 1.12. The Kier molecular flexibility index (Phi) is 3.00. The maximum Gasteiger partial charge on any atom is 0.285 e. The lowest BCUT2D eigenvalue weighted by molar-refractivity contribution is -0.384. The number of nitrogens with zero attached hydrogens (tertiary/aromatic N) is 3. The number of hydrogen-bond acceptors (Lipinski definition) is 5. The predicted octanol–water partition coefficient (Wildman–Crippen LogP) is 2.53. The zero-order chi connectivity index (χ0) is 12.6. The van der Waals surface area contributed by atoms with E-state index in [9.17, 15) is 18.9 Å². The van der Waals surface area contributed by atoms with Crippen LogP contribution in [0.5, 0.6) is 0 Å². The molecule has 1 aromatic carbocycles. The van der Waals surface area contributed by atoms with E-state index in [-0.39, 0.29) is 15.4 Å². The van der Waals surface area contributed by atoms with E-state index < -0.39 is 22.2 Å². The maximum atomic E-state index is 13.0. The van der Waals surface area contributed by atoms with Crippen LogP contribution in [0.4, 0.5) is 14.5 Å². The van der Waals surface area contributed by atoms with Gasteiger partial charge in [-0.25, -0.2) is 8.78 Å². The first-order valence-electron chi connectivity index (χ1n) is 4.12. The van der Waals surface area contributed by atoms with Gasteiger partial charge in [-0.2, -0.15) is 0 Å². The first-order valence-corrected chi connectivity index (χ1v) is 5.19. The fourth-order valence-electron chi connectivity index (χ4n) is 1.17. The van der Waals surface area contributed by atoms with E-state index in [0.29, 0.717) is 12.1 Å². The molecule has 2 aromatic rings. The van der Waals surface area contributed by atoms with E-state index in [4.69, 9.17) is 4.42 Å². The Morgan fingerprint density at radius 1 is 1.29 bits per heavy atom. The Morgan fingerprint density at radius 3 is 2.47 bits per heavy atom. The second-order valence-electron chi connectivity index (χ2n) is 2.90. The van der Waals surface area contributed by atoms with Crippen molar-refractivity contribution >= 4 is 28.3 Å². The van der Waals surface area contributed by atoms with E-state index in [2.05, 4.69) is 10.2 Å². The molecule has 1 heterocycles. The van der Waals surface area contributed by atoms with Crippen LogP contribution in [0.1, 0.15) is 0 Å². The molecule has 0 aliphatic carbocycles. The molecule has 0 fully saturated rings. The molecule has 0 amide bonds. The van der Waals surface area contributed by atoms with Gasteiger partial charge in [-0.1, -0.05) is 0 Å². The SMILES string of the molecule is O=[N+]([O-])c1cc(F)c(F)cc1-c1nnc(I)o1. The summed E-state index contributed by atoms with van der Waals surface area (Å²) in [5.74, 6) is -2.77. The van der Waals surface area contributed by atoms with Gasteiger partial charge in [0.25, 0.3) is 15.5 Å². The summed E-state index contributed by atoms with van der Waals surface area (Å²) < 4.78 is 31.0. The molecule has 0 bridgehead atoms. The van der Waals surface area contributed by atoms with Crippen molar-refractivity contribution in [3.63, 3.8) is 0 Å². The topological polar surface area (TPSA) is 82.1 Å². The highest BCUT2D eigenvalue weighted by atomic mass is 127. The van der Waals surface area contributed by atoms with Crippen LogP contribution >= 0.6 is 22.6 Å². The molecule has 2 rings (SSSR count). The average Bonchev–Trinajstić information content (AvgIpc) is 2.68. The molecular weight excluding hydrogens is 351 g/mol. The molecule has 0 unspecified atom stereocenters. The molecule has 9 heteroatoms. The average molecular weight is 353 g/mol. The van der Waals surface area contributed by atoms with Crippen LogP contribution in [-0.2, 0) is 0 Å². The van der Waals surface area contributed by atoms with Crippen LogP contribution in [-0.4, -0.2) is 15.1 Å². The van der Waals surface area contributed by atoms with Crippen molar-refractivity contribution in [2.24, 2.45) is 0 Å². The minimum atomic E-state index is -1.31. The first-order chi connectivity index (χ1) is 7.99. The van der Waals surface area contributed by atoms with Crippen molar-refractivity contribution in [3.8, 4) is 11.5 Å². The molecule has 0 saturated heterocycles. The molecule has 0 N–H and O–H groups in total. The molecule has 0 radical (unpaired) electrons. The minimum absolute atomic E-state index is 0.136. The lowest BCUT2D eigenvalue weighted by Crippen LogP contribution is -1.96. The second kappa shape index (κ2) is 4.31. The highest BCUT2D eigenvalue weighted by Gasteiger charge is 2.23. The van der Waals surface area contributed by atoms with E-state index >= 15 is 0 Å². The Bertz CT molecular complexity index is 602. The number of benzene rings is 1. The summed E-state index contributed by atoms with van der Waals surface area (Å²) in [5.41, 5.74) is -0.895. The molecule has 88 valence electrons. The van der Waals surface area contributed by atoms with Crippen molar-refractivity contribution in [2.45, 2.75) is 0 Å². The van der Waals surface area contributed by atoms with Gasteiger partial charge in [0.1, 0.15) is 5.56 Å². The zero-order valence-corrected chi connectivity index (χ0v) is 10.0. The number of halogens is 3. The van der Waals surface area contributed by atoms with E-state index in [1.807, 2.05) is 0 Å². The fourth-order valence-corrected chi connectivity index (χ4v) is 1.49. The van der Waals surface area contributed by atoms with Crippen molar-refractivity contribution in [2.75, 3.05) is 0 Å². The van der Waals surface area contributed by atoms with Gasteiger partial charge in [-0.05, 0) is 6.07 Å². The summed E-state index contributed by atoms with van der Waals surface area (Å²) in [4.78, 5) is 9.84. The highest BCUT2D eigenvalue weighted by molar-refractivity contribution is 14.1. The molecule has 0 aliphatic rings. The highest BCUT2D eigenvalue weighted by Crippen LogP contribution is 2.31. The molecule has 17 heavy (non-hydrogen) atoms. The van der Waals surface area contributed by atoms with Crippen molar-refractivity contribution in [1.82, 2.24) is 10.2 Å². The van der Waals surface area contributed by atoms with Gasteiger partial charge >= 0.3 is 0 Å². The Labute approximate surface area is 106 Å². The van der Waals surface area contributed by atoms with Gasteiger partial charge in [-0.15, -0.1) is 10.2 Å². The van der Waals surface area contributed by atoms with Gasteiger partial charge in [0.05, 0.1) is 11.0 Å². The molecule has 0 atom stereocenters. The number of aromatic nitrogens is 2. The minimum Gasteiger partial charge on any atom is -0.411 e. The summed E-state index contributed by atoms with van der Waals surface area (Å²) in [7, 11) is 0. The van der Waals surface area contributed by atoms with E-state index in [1.54, 1.807) is 22.6 Å². The quantitative estimate of drug-likeness (QED) is 0.471. The van der Waals surface area contributed by atoms with E-state index in [0.717, 1.165) is 0 Å². The summed E-state index contributed by atoms with van der Waals surface area (Å²) >= 11 is 1.69. The van der Waals surface area contributed by atoms with Crippen LogP contribution in [0.3, 0.4) is 0 Å². The standard InChI is InChI=1S/C8H2F2IN3O3/c9-4-1-3(7-12-13-8(11)17-7)6(14(15)16)2-5(4)10/h1-2H. The van der Waals surface area contributed by atoms with E-state index in [1.165, 1.54) is 0 Å². The number of nitro benzene ring substituents is 1. The van der Waals surface area contributed by atoms with Gasteiger partial charge in [0.2, 0.25) is 0 Å². The maximum absolute atomic E-state index is 13.0. The van der Waals surface area contributed by atoms with Crippen molar-refractivity contribution in [1.29, 1.82) is 0 Å². The normalized spacial score (nSPS) is 10.5. The predicted molar refractivity (Wildman–Crippen MR) is 59.0 cm³/mol. The summed E-state index contributed by atoms with van der Waals surface area (Å²) in [5, 5.41) is 17.6. The van der Waals surface area contributed by atoms with Gasteiger partial charge in [0, 0.05) is 22.6 Å². The molecule has 0 spiro atoms. The lowest BCUT2D eigenvalue weighted by Gasteiger charge is -1.99. The largest absolute Gasteiger partial charge is 0.411 e. The Balaban J connectivity index is 2.67. The van der Waals surface area contributed by atoms with Crippen molar-refractivity contribution in [3.05, 3.63) is 37.8 Å². The van der Waals surface area contributed by atoms with Crippen LogP contribution in [0.2, 0.25) is 0 Å². The zero-order valence-electron chi connectivity index (χ0n) is 7.85. The summed E-state index contributed by atoms with van der Waals surface area (Å²) in [6.07, 6.45) is 0. The van der Waals surface area contributed by atoms with Crippen LogP contribution < -0.4 is 0 Å². The monoisotopic (exact) mass is 353 g/mol. The molecule has 0 aliphatic heterocycles. The lowest BCUT2D eigenvalue weighted by atomic mass is 10.1. The second-order valence-corrected chi connectivity index (χ2v) is 3.82. The molecule has 6 nitrogen and oxygen atoms in total. The van der Waals surface area contributed by atoms with Crippen LogP contribution in [0.25, 0.3) is 11.5 Å². The first kappa shape index (κ1) is 11.8. The Hall–Kier alpha value is -1.65. The van der Waals surface area contributed by atoms with Crippen molar-refractivity contribution < 1.29 is 18.1 Å². The number of nitro groups is 1. The van der Waals surface area contributed by atoms with Crippen LogP contribution in [0.15, 0.2) is 16.5 Å². The number of rotatable bonds is 2. The Morgan fingerprint density at radius 2 is 1.94 bits per heavy atom. The summed E-state index contributed by atoms with van der Waals surface area (Å²) in [6.45, 7) is 0. The molecular formula is C8H2F2IN3O3. The third-order valence-corrected chi connectivity index (χ3v) is 2.30. The third-order valence-electron chi connectivity index (χ3n) is 1.87. The number of hydrogen-bond donors (Lipinski definition) is 0. The van der Waals surface area contributed by atoms with Gasteiger partial charge in [-0.3, -0.25) is 10.1 Å².